The highest BCUT2D eigenvalue weighted by atomic mass is 127. The van der Waals surface area contributed by atoms with E-state index in [1.165, 1.54) is 0 Å². The minimum atomic E-state index is -0.497. The largest absolute Gasteiger partial charge is 0.444 e. The Morgan fingerprint density at radius 2 is 2.03 bits per heavy atom. The summed E-state index contributed by atoms with van der Waals surface area (Å²) in [5, 5.41) is 9.38. The molecule has 8 nitrogen and oxygen atoms in total. The first-order valence-corrected chi connectivity index (χ1v) is 11.1. The first-order chi connectivity index (χ1) is 14.7. The van der Waals surface area contributed by atoms with E-state index in [1.807, 2.05) is 45.9 Å². The third kappa shape index (κ3) is 9.62. The topological polar surface area (TPSA) is 95.1 Å². The highest BCUT2D eigenvalue weighted by Crippen LogP contribution is 2.15. The maximum Gasteiger partial charge on any atom is 0.410 e. The Morgan fingerprint density at radius 3 is 2.69 bits per heavy atom. The number of likely N-dealkylation sites (tertiary alicyclic amines) is 1. The fourth-order valence-corrected chi connectivity index (χ4v) is 3.41. The Labute approximate surface area is 209 Å². The molecule has 2 rings (SSSR count). The molecule has 1 fully saturated rings. The van der Waals surface area contributed by atoms with Crippen molar-refractivity contribution < 1.29 is 14.3 Å². The molecule has 1 aromatic rings. The van der Waals surface area contributed by atoms with Crippen LogP contribution >= 0.6 is 24.0 Å². The third-order valence-corrected chi connectivity index (χ3v) is 4.84. The zero-order valence-electron chi connectivity index (χ0n) is 19.9. The van der Waals surface area contributed by atoms with Gasteiger partial charge < -0.3 is 25.6 Å². The van der Waals surface area contributed by atoms with Gasteiger partial charge in [0.25, 0.3) is 5.91 Å². The van der Waals surface area contributed by atoms with E-state index in [2.05, 4.69) is 20.9 Å². The lowest BCUT2D eigenvalue weighted by Crippen LogP contribution is -2.53. The van der Waals surface area contributed by atoms with Crippen LogP contribution in [0.4, 0.5) is 4.79 Å². The molecular weight excluding hydrogens is 521 g/mol. The fraction of sp³-hybridized carbons (Fsp3) is 0.609. The second kappa shape index (κ2) is 13.5. The molecule has 1 unspecified atom stereocenters. The third-order valence-electron chi connectivity index (χ3n) is 4.84. The van der Waals surface area contributed by atoms with Crippen molar-refractivity contribution in [1.29, 1.82) is 0 Å². The van der Waals surface area contributed by atoms with Crippen molar-refractivity contribution in [3.8, 4) is 0 Å². The van der Waals surface area contributed by atoms with Gasteiger partial charge in [0.15, 0.2) is 5.96 Å². The van der Waals surface area contributed by atoms with Gasteiger partial charge in [-0.25, -0.2) is 4.79 Å². The number of nitrogens with one attached hydrogen (secondary N) is 3. The second-order valence-electron chi connectivity index (χ2n) is 8.70. The lowest BCUT2D eigenvalue weighted by atomic mass is 10.1. The Kier molecular flexibility index (Phi) is 11.8. The van der Waals surface area contributed by atoms with Gasteiger partial charge in [-0.05, 0) is 64.7 Å². The number of carbonyl (C=O) groups excluding carboxylic acids is 2. The number of guanidine groups is 1. The number of hydrogen-bond donors (Lipinski definition) is 3. The van der Waals surface area contributed by atoms with Gasteiger partial charge >= 0.3 is 6.09 Å². The number of aliphatic imine (C=N–C) groups is 1. The summed E-state index contributed by atoms with van der Waals surface area (Å²) in [7, 11) is 1.63. The molecule has 1 saturated heterocycles. The maximum absolute atomic E-state index is 12.4. The Bertz CT molecular complexity index is 779. The number of rotatable bonds is 6. The molecule has 1 heterocycles. The molecule has 9 heteroatoms. The van der Waals surface area contributed by atoms with Gasteiger partial charge in [0, 0.05) is 44.8 Å². The molecule has 0 bridgehead atoms. The van der Waals surface area contributed by atoms with Crippen LogP contribution in [0, 0.1) is 0 Å². The lowest BCUT2D eigenvalue weighted by Gasteiger charge is -2.35. The number of benzene rings is 1. The van der Waals surface area contributed by atoms with Gasteiger partial charge in [-0.15, -0.1) is 24.0 Å². The van der Waals surface area contributed by atoms with E-state index in [0.29, 0.717) is 25.2 Å². The van der Waals surface area contributed by atoms with E-state index in [1.54, 1.807) is 18.0 Å². The van der Waals surface area contributed by atoms with Crippen LogP contribution in [-0.2, 0) is 11.2 Å². The van der Waals surface area contributed by atoms with E-state index in [4.69, 9.17) is 4.74 Å². The summed E-state index contributed by atoms with van der Waals surface area (Å²) < 4.78 is 5.51. The molecule has 0 saturated carbocycles. The van der Waals surface area contributed by atoms with Gasteiger partial charge in [-0.3, -0.25) is 9.79 Å². The SMILES string of the molecule is CCNC(=NCCc1cccc(C(=O)NC)c1)NC1CCCN(C(=O)OC(C)(C)C)C1.I. The first-order valence-electron chi connectivity index (χ1n) is 11.1. The summed E-state index contributed by atoms with van der Waals surface area (Å²) in [6.07, 6.45) is 2.35. The zero-order valence-corrected chi connectivity index (χ0v) is 22.2. The van der Waals surface area contributed by atoms with Crippen LogP contribution in [0.3, 0.4) is 0 Å². The standard InChI is InChI=1S/C23H37N5O3.HI/c1-6-25-21(26-13-12-17-9-7-10-18(15-17)20(29)24-5)27-19-11-8-14-28(16-19)22(30)31-23(2,3)4;/h7,9-10,15,19H,6,8,11-14,16H2,1-5H3,(H,24,29)(H2,25,26,27);1H. The van der Waals surface area contributed by atoms with Crippen LogP contribution in [-0.4, -0.2) is 67.7 Å². The molecule has 1 aliphatic rings. The van der Waals surface area contributed by atoms with Crippen LogP contribution in [0.25, 0.3) is 0 Å². The molecule has 1 aromatic carbocycles. The van der Waals surface area contributed by atoms with Gasteiger partial charge in [-0.1, -0.05) is 12.1 Å². The molecule has 180 valence electrons. The molecule has 0 spiro atoms. The molecule has 0 radical (unpaired) electrons. The van der Waals surface area contributed by atoms with E-state index in [-0.39, 0.29) is 42.0 Å². The summed E-state index contributed by atoms with van der Waals surface area (Å²) >= 11 is 0. The summed E-state index contributed by atoms with van der Waals surface area (Å²) in [5.74, 6) is 0.646. The predicted molar refractivity (Wildman–Crippen MR) is 139 cm³/mol. The Hall–Kier alpha value is -2.04. The van der Waals surface area contributed by atoms with Gasteiger partial charge in [-0.2, -0.15) is 0 Å². The van der Waals surface area contributed by atoms with Gasteiger partial charge in [0.1, 0.15) is 5.60 Å². The van der Waals surface area contributed by atoms with Crippen LogP contribution < -0.4 is 16.0 Å². The van der Waals surface area contributed by atoms with Crippen molar-refractivity contribution in [3.05, 3.63) is 35.4 Å². The summed E-state index contributed by atoms with van der Waals surface area (Å²) in [6.45, 7) is 10.3. The average Bonchev–Trinajstić information content (AvgIpc) is 2.72. The van der Waals surface area contributed by atoms with Crippen molar-refractivity contribution >= 4 is 41.9 Å². The Morgan fingerprint density at radius 1 is 1.28 bits per heavy atom. The van der Waals surface area contributed by atoms with E-state index >= 15 is 0 Å². The first kappa shape index (κ1) is 28.0. The predicted octanol–water partition coefficient (Wildman–Crippen LogP) is 3.16. The zero-order chi connectivity index (χ0) is 22.9. The van der Waals surface area contributed by atoms with Crippen molar-refractivity contribution in [3.63, 3.8) is 0 Å². The number of carbonyl (C=O) groups is 2. The van der Waals surface area contributed by atoms with E-state index < -0.39 is 5.60 Å². The molecule has 1 aliphatic heterocycles. The molecular formula is C23H38IN5O3. The molecule has 1 atom stereocenters. The van der Waals surface area contributed by atoms with Crippen molar-refractivity contribution in [2.24, 2.45) is 4.99 Å². The van der Waals surface area contributed by atoms with Crippen LogP contribution in [0.2, 0.25) is 0 Å². The van der Waals surface area contributed by atoms with Crippen LogP contribution in [0.5, 0.6) is 0 Å². The summed E-state index contributed by atoms with van der Waals surface area (Å²) in [6, 6.07) is 7.71. The van der Waals surface area contributed by atoms with E-state index in [9.17, 15) is 9.59 Å². The highest BCUT2D eigenvalue weighted by molar-refractivity contribution is 14.0. The molecule has 3 N–H and O–H groups in total. The quantitative estimate of drug-likeness (QED) is 0.283. The fourth-order valence-electron chi connectivity index (χ4n) is 3.41. The number of hydrogen-bond acceptors (Lipinski definition) is 4. The van der Waals surface area contributed by atoms with Crippen molar-refractivity contribution in [2.45, 2.75) is 58.6 Å². The lowest BCUT2D eigenvalue weighted by molar-refractivity contribution is 0.0193. The van der Waals surface area contributed by atoms with Crippen molar-refractivity contribution in [1.82, 2.24) is 20.9 Å². The minimum Gasteiger partial charge on any atom is -0.444 e. The monoisotopic (exact) mass is 559 g/mol. The van der Waals surface area contributed by atoms with Crippen LogP contribution in [0.15, 0.2) is 29.3 Å². The molecule has 2 amide bonds. The highest BCUT2D eigenvalue weighted by Gasteiger charge is 2.28. The van der Waals surface area contributed by atoms with Gasteiger partial charge in [0.05, 0.1) is 0 Å². The average molecular weight is 559 g/mol. The summed E-state index contributed by atoms with van der Waals surface area (Å²) in [5.41, 5.74) is 1.22. The van der Waals surface area contributed by atoms with Crippen LogP contribution in [0.1, 0.15) is 56.5 Å². The smallest absolute Gasteiger partial charge is 0.410 e. The normalized spacial score (nSPS) is 16.6. The minimum absolute atomic E-state index is 0. The number of nitrogens with zero attached hydrogens (tertiary/aromatic N) is 2. The van der Waals surface area contributed by atoms with Gasteiger partial charge in [0.2, 0.25) is 0 Å². The maximum atomic E-state index is 12.4. The number of piperidine rings is 1. The van der Waals surface area contributed by atoms with E-state index in [0.717, 1.165) is 37.3 Å². The molecule has 32 heavy (non-hydrogen) atoms. The number of ether oxygens (including phenoxy) is 1. The number of halogens is 1. The molecule has 0 aromatic heterocycles. The van der Waals surface area contributed by atoms with Crippen molar-refractivity contribution in [2.75, 3.05) is 33.2 Å². The summed E-state index contributed by atoms with van der Waals surface area (Å²) in [4.78, 5) is 30.7. The molecule has 0 aliphatic carbocycles. The Balaban J connectivity index is 0.00000512. The number of amides is 2. The second-order valence-corrected chi connectivity index (χ2v) is 8.70.